The van der Waals surface area contributed by atoms with Crippen LogP contribution in [0.1, 0.15) is 12.5 Å². The van der Waals surface area contributed by atoms with Gasteiger partial charge in [0.25, 0.3) is 11.8 Å². The van der Waals surface area contributed by atoms with Crippen LogP contribution in [0.25, 0.3) is 6.08 Å². The lowest BCUT2D eigenvalue weighted by Crippen LogP contribution is -2.20. The number of para-hydroxylation sites is 1. The van der Waals surface area contributed by atoms with Crippen molar-refractivity contribution in [3.8, 4) is 17.6 Å². The average Bonchev–Trinajstić information content (AvgIpc) is 2.84. The fourth-order valence-corrected chi connectivity index (χ4v) is 3.38. The van der Waals surface area contributed by atoms with Gasteiger partial charge >= 0.3 is 0 Å². The summed E-state index contributed by atoms with van der Waals surface area (Å²) in [6.45, 7) is 1.79. The van der Waals surface area contributed by atoms with E-state index in [0.29, 0.717) is 28.6 Å². The van der Waals surface area contributed by atoms with Crippen molar-refractivity contribution in [1.82, 2.24) is 0 Å². The number of anilines is 2. The highest BCUT2D eigenvalue weighted by Gasteiger charge is 2.16. The third-order valence-corrected chi connectivity index (χ3v) is 5.05. The molecule has 0 heterocycles. The summed E-state index contributed by atoms with van der Waals surface area (Å²) in [5, 5.41) is 15.5. The molecule has 0 saturated carbocycles. The van der Waals surface area contributed by atoms with E-state index < -0.39 is 5.91 Å². The second-order valence-electron chi connectivity index (χ2n) is 7.10. The van der Waals surface area contributed by atoms with Crippen LogP contribution in [-0.2, 0) is 9.59 Å². The lowest BCUT2D eigenvalue weighted by atomic mass is 10.1. The number of ether oxygens (including phenoxy) is 2. The molecule has 3 aromatic rings. The molecule has 0 radical (unpaired) electrons. The van der Waals surface area contributed by atoms with Gasteiger partial charge in [0.2, 0.25) is 0 Å². The minimum atomic E-state index is -0.596. The van der Waals surface area contributed by atoms with E-state index in [0.717, 1.165) is 0 Å². The van der Waals surface area contributed by atoms with E-state index in [1.54, 1.807) is 61.5 Å². The largest absolute Gasteiger partial charge is 0.490 e. The van der Waals surface area contributed by atoms with Gasteiger partial charge in [-0.05, 0) is 67.1 Å². The van der Waals surface area contributed by atoms with Crippen LogP contribution in [0, 0.1) is 11.3 Å². The molecule has 2 amide bonds. The SMILES string of the molecule is CCOc1cc(/C=C(\C#N)C(=O)Nc2ccc(Cl)cc2)cc(Cl)c1OCC(=O)Nc1ccccc1. The summed E-state index contributed by atoms with van der Waals surface area (Å²) < 4.78 is 11.3. The molecule has 0 unspecified atom stereocenters. The van der Waals surface area contributed by atoms with Crippen molar-refractivity contribution in [3.05, 3.63) is 87.9 Å². The molecule has 0 spiro atoms. The second kappa shape index (κ2) is 12.5. The number of carbonyl (C=O) groups excluding carboxylic acids is 2. The first-order valence-corrected chi connectivity index (χ1v) is 11.3. The van der Waals surface area contributed by atoms with E-state index in [1.807, 2.05) is 12.1 Å². The summed E-state index contributed by atoms with van der Waals surface area (Å²) in [6, 6.07) is 20.4. The van der Waals surface area contributed by atoms with Crippen molar-refractivity contribution in [1.29, 1.82) is 5.26 Å². The smallest absolute Gasteiger partial charge is 0.266 e. The normalized spacial score (nSPS) is 10.7. The maximum Gasteiger partial charge on any atom is 0.266 e. The van der Waals surface area contributed by atoms with Crippen molar-refractivity contribution in [2.75, 3.05) is 23.8 Å². The summed E-state index contributed by atoms with van der Waals surface area (Å²) in [7, 11) is 0. The molecule has 35 heavy (non-hydrogen) atoms. The third-order valence-electron chi connectivity index (χ3n) is 4.52. The Hall–Kier alpha value is -3.99. The van der Waals surface area contributed by atoms with Crippen LogP contribution in [0.3, 0.4) is 0 Å². The average molecular weight is 510 g/mol. The number of amides is 2. The summed E-state index contributed by atoms with van der Waals surface area (Å²) in [4.78, 5) is 24.8. The van der Waals surface area contributed by atoms with Crippen LogP contribution in [0.15, 0.2) is 72.3 Å². The molecule has 9 heteroatoms. The van der Waals surface area contributed by atoms with E-state index in [4.69, 9.17) is 32.7 Å². The van der Waals surface area contributed by atoms with Crippen LogP contribution in [-0.4, -0.2) is 25.0 Å². The van der Waals surface area contributed by atoms with E-state index in [9.17, 15) is 14.9 Å². The van der Waals surface area contributed by atoms with Crippen LogP contribution in [0.4, 0.5) is 11.4 Å². The van der Waals surface area contributed by atoms with Crippen LogP contribution in [0.2, 0.25) is 10.0 Å². The molecule has 0 aliphatic heterocycles. The number of halogens is 2. The number of hydrogen-bond donors (Lipinski definition) is 2. The van der Waals surface area contributed by atoms with Gasteiger partial charge in [-0.2, -0.15) is 5.26 Å². The van der Waals surface area contributed by atoms with Gasteiger partial charge in [-0.3, -0.25) is 9.59 Å². The Balaban J connectivity index is 1.77. The number of nitrogens with zero attached hydrogens (tertiary/aromatic N) is 1. The molecule has 0 aromatic heterocycles. The zero-order chi connectivity index (χ0) is 25.2. The van der Waals surface area contributed by atoms with Crippen LogP contribution in [0.5, 0.6) is 11.5 Å². The highest BCUT2D eigenvalue weighted by molar-refractivity contribution is 6.32. The fraction of sp³-hybridized carbons (Fsp3) is 0.115. The second-order valence-corrected chi connectivity index (χ2v) is 7.94. The van der Waals surface area contributed by atoms with Crippen molar-refractivity contribution in [3.63, 3.8) is 0 Å². The van der Waals surface area contributed by atoms with Crippen molar-refractivity contribution in [2.45, 2.75) is 6.92 Å². The Morgan fingerprint density at radius 3 is 2.31 bits per heavy atom. The molecule has 0 bridgehead atoms. The third kappa shape index (κ3) is 7.51. The minimum Gasteiger partial charge on any atom is -0.490 e. The first-order valence-electron chi connectivity index (χ1n) is 10.5. The Bertz CT molecular complexity index is 1270. The number of nitrogens with one attached hydrogen (secondary N) is 2. The quantitative estimate of drug-likeness (QED) is 0.274. The van der Waals surface area contributed by atoms with Gasteiger partial charge in [-0.15, -0.1) is 0 Å². The molecule has 0 atom stereocenters. The molecule has 7 nitrogen and oxygen atoms in total. The van der Waals surface area contributed by atoms with Crippen molar-refractivity contribution >= 4 is 52.5 Å². The maximum atomic E-state index is 12.6. The highest BCUT2D eigenvalue weighted by Crippen LogP contribution is 2.37. The number of benzene rings is 3. The zero-order valence-corrected chi connectivity index (χ0v) is 20.2. The first kappa shape index (κ1) is 25.6. The van der Waals surface area contributed by atoms with E-state index in [2.05, 4.69) is 10.6 Å². The molecule has 0 fully saturated rings. The predicted molar refractivity (Wildman–Crippen MR) is 137 cm³/mol. The molecular formula is C26H21Cl2N3O4. The molecule has 3 rings (SSSR count). The Labute approximate surface area is 212 Å². The van der Waals surface area contributed by atoms with Gasteiger partial charge in [0, 0.05) is 16.4 Å². The summed E-state index contributed by atoms with van der Waals surface area (Å²) >= 11 is 12.3. The number of nitriles is 1. The lowest BCUT2D eigenvalue weighted by Gasteiger charge is -2.14. The monoisotopic (exact) mass is 509 g/mol. The molecular weight excluding hydrogens is 489 g/mol. The summed E-state index contributed by atoms with van der Waals surface area (Å²) in [5.74, 6) is -0.515. The topological polar surface area (TPSA) is 100 Å². The van der Waals surface area contributed by atoms with Gasteiger partial charge in [0.05, 0.1) is 11.6 Å². The maximum absolute atomic E-state index is 12.6. The molecule has 0 saturated heterocycles. The van der Waals surface area contributed by atoms with Crippen LogP contribution < -0.4 is 20.1 Å². The Morgan fingerprint density at radius 2 is 1.66 bits per heavy atom. The Morgan fingerprint density at radius 1 is 0.971 bits per heavy atom. The van der Waals surface area contributed by atoms with Crippen molar-refractivity contribution in [2.24, 2.45) is 0 Å². The van der Waals surface area contributed by atoms with Gasteiger partial charge in [-0.25, -0.2) is 0 Å². The first-order chi connectivity index (χ1) is 16.9. The van der Waals surface area contributed by atoms with Crippen LogP contribution >= 0.6 is 23.2 Å². The molecule has 3 aromatic carbocycles. The molecule has 178 valence electrons. The fourth-order valence-electron chi connectivity index (χ4n) is 2.98. The summed E-state index contributed by atoms with van der Waals surface area (Å²) in [5.41, 5.74) is 1.43. The molecule has 0 aliphatic carbocycles. The predicted octanol–water partition coefficient (Wildman–Crippen LogP) is 5.96. The summed E-state index contributed by atoms with van der Waals surface area (Å²) in [6.07, 6.45) is 1.38. The standard InChI is InChI=1S/C26H21Cl2N3O4/c1-2-34-23-14-17(12-18(15-29)26(33)31-21-10-8-19(27)9-11-21)13-22(28)25(23)35-16-24(32)30-20-6-4-3-5-7-20/h3-14H,2,16H2,1H3,(H,30,32)(H,31,33)/b18-12+. The van der Waals surface area contributed by atoms with E-state index in [1.165, 1.54) is 12.1 Å². The number of carbonyl (C=O) groups is 2. The van der Waals surface area contributed by atoms with Gasteiger partial charge in [0.1, 0.15) is 11.6 Å². The van der Waals surface area contributed by atoms with E-state index in [-0.39, 0.29) is 34.6 Å². The number of hydrogen-bond acceptors (Lipinski definition) is 5. The molecule has 2 N–H and O–H groups in total. The Kier molecular flexibility index (Phi) is 9.13. The van der Waals surface area contributed by atoms with Crippen molar-refractivity contribution < 1.29 is 19.1 Å². The number of rotatable bonds is 9. The lowest BCUT2D eigenvalue weighted by molar-refractivity contribution is -0.118. The van der Waals surface area contributed by atoms with E-state index >= 15 is 0 Å². The van der Waals surface area contributed by atoms with Gasteiger partial charge in [-0.1, -0.05) is 41.4 Å². The zero-order valence-electron chi connectivity index (χ0n) is 18.7. The van der Waals surface area contributed by atoms with Gasteiger partial charge < -0.3 is 20.1 Å². The minimum absolute atomic E-state index is 0.144. The van der Waals surface area contributed by atoms with Gasteiger partial charge in [0.15, 0.2) is 18.1 Å². The highest BCUT2D eigenvalue weighted by atomic mass is 35.5. The molecule has 0 aliphatic rings.